The third kappa shape index (κ3) is 2.68. The maximum absolute atomic E-state index is 11.0. The van der Waals surface area contributed by atoms with Gasteiger partial charge in [-0.05, 0) is 12.1 Å². The third-order valence-corrected chi connectivity index (χ3v) is 2.56. The summed E-state index contributed by atoms with van der Waals surface area (Å²) >= 11 is 0. The van der Waals surface area contributed by atoms with Gasteiger partial charge in [-0.25, -0.2) is 0 Å². The number of aliphatic hydroxyl groups is 1. The van der Waals surface area contributed by atoms with Crippen LogP contribution in [-0.2, 0) is 9.53 Å². The van der Waals surface area contributed by atoms with E-state index < -0.39 is 18.2 Å². The van der Waals surface area contributed by atoms with Gasteiger partial charge in [0, 0.05) is 0 Å². The normalized spacial score (nSPS) is 19.5. The fourth-order valence-electron chi connectivity index (χ4n) is 1.61. The topological polar surface area (TPSA) is 65.0 Å². The number of aliphatic hydroxyl groups excluding tert-OH is 1. The minimum Gasteiger partial charge on any atom is -0.486 e. The van der Waals surface area contributed by atoms with Gasteiger partial charge in [-0.1, -0.05) is 12.1 Å². The molecule has 0 amide bonds. The zero-order valence-corrected chi connectivity index (χ0v) is 9.46. The SMILES string of the molecule is COC(=O)C[C@H](O)[C@H]1COc2ccccc2O1. The van der Waals surface area contributed by atoms with Gasteiger partial charge in [-0.3, -0.25) is 4.79 Å². The molecule has 0 aromatic heterocycles. The second-order valence-electron chi connectivity index (χ2n) is 3.76. The molecule has 0 saturated heterocycles. The molecular weight excluding hydrogens is 224 g/mol. The van der Waals surface area contributed by atoms with Crippen molar-refractivity contribution in [1.82, 2.24) is 0 Å². The Bertz CT molecular complexity index is 404. The van der Waals surface area contributed by atoms with E-state index in [0.29, 0.717) is 11.5 Å². The van der Waals surface area contributed by atoms with E-state index >= 15 is 0 Å². The lowest BCUT2D eigenvalue weighted by molar-refractivity contribution is -0.144. The minimum atomic E-state index is -0.934. The van der Waals surface area contributed by atoms with Gasteiger partial charge >= 0.3 is 5.97 Å². The Kier molecular flexibility index (Phi) is 3.49. The van der Waals surface area contributed by atoms with Crippen LogP contribution in [0.15, 0.2) is 24.3 Å². The number of carbonyl (C=O) groups excluding carboxylic acids is 1. The van der Waals surface area contributed by atoms with E-state index in [0.717, 1.165) is 0 Å². The molecule has 92 valence electrons. The van der Waals surface area contributed by atoms with Crippen molar-refractivity contribution in [2.45, 2.75) is 18.6 Å². The zero-order chi connectivity index (χ0) is 12.3. The number of carbonyl (C=O) groups is 1. The van der Waals surface area contributed by atoms with Gasteiger partial charge in [0.2, 0.25) is 0 Å². The fourth-order valence-corrected chi connectivity index (χ4v) is 1.61. The number of esters is 1. The lowest BCUT2D eigenvalue weighted by Crippen LogP contribution is -2.40. The van der Waals surface area contributed by atoms with Crippen LogP contribution in [0.1, 0.15) is 6.42 Å². The summed E-state index contributed by atoms with van der Waals surface area (Å²) in [4.78, 5) is 11.0. The summed E-state index contributed by atoms with van der Waals surface area (Å²) in [5.41, 5.74) is 0. The quantitative estimate of drug-likeness (QED) is 0.787. The van der Waals surface area contributed by atoms with Gasteiger partial charge in [0.15, 0.2) is 17.6 Å². The number of para-hydroxylation sites is 2. The molecule has 1 heterocycles. The van der Waals surface area contributed by atoms with E-state index in [1.807, 2.05) is 12.1 Å². The van der Waals surface area contributed by atoms with Crippen molar-refractivity contribution in [2.24, 2.45) is 0 Å². The minimum absolute atomic E-state index is 0.104. The number of fused-ring (bicyclic) bond motifs is 1. The highest BCUT2D eigenvalue weighted by Crippen LogP contribution is 2.31. The van der Waals surface area contributed by atoms with Crippen molar-refractivity contribution in [3.8, 4) is 11.5 Å². The highest BCUT2D eigenvalue weighted by Gasteiger charge is 2.29. The second kappa shape index (κ2) is 5.05. The maximum atomic E-state index is 11.0. The Balaban J connectivity index is 2.00. The molecule has 1 aromatic rings. The van der Waals surface area contributed by atoms with E-state index in [1.165, 1.54) is 7.11 Å². The first-order chi connectivity index (χ1) is 8.20. The molecule has 0 saturated carbocycles. The summed E-state index contributed by atoms with van der Waals surface area (Å²) in [6.07, 6.45) is -1.59. The van der Waals surface area contributed by atoms with E-state index in [2.05, 4.69) is 4.74 Å². The largest absolute Gasteiger partial charge is 0.486 e. The van der Waals surface area contributed by atoms with E-state index in [1.54, 1.807) is 12.1 Å². The molecule has 2 rings (SSSR count). The third-order valence-electron chi connectivity index (χ3n) is 2.56. The van der Waals surface area contributed by atoms with E-state index in [9.17, 15) is 9.90 Å². The van der Waals surface area contributed by atoms with E-state index in [4.69, 9.17) is 9.47 Å². The zero-order valence-electron chi connectivity index (χ0n) is 9.46. The van der Waals surface area contributed by atoms with Crippen LogP contribution >= 0.6 is 0 Å². The summed E-state index contributed by atoms with van der Waals surface area (Å²) in [6.45, 7) is 0.217. The molecule has 1 aromatic carbocycles. The highest BCUT2D eigenvalue weighted by atomic mass is 16.6. The van der Waals surface area contributed by atoms with Crippen molar-refractivity contribution >= 4 is 5.97 Å². The van der Waals surface area contributed by atoms with Crippen LogP contribution < -0.4 is 9.47 Å². The summed E-state index contributed by atoms with van der Waals surface area (Å²) in [6, 6.07) is 7.20. The molecule has 0 aliphatic carbocycles. The Labute approximate surface area is 98.9 Å². The molecular formula is C12H14O5. The smallest absolute Gasteiger partial charge is 0.308 e. The molecule has 17 heavy (non-hydrogen) atoms. The molecule has 5 nitrogen and oxygen atoms in total. The lowest BCUT2D eigenvalue weighted by Gasteiger charge is -2.29. The second-order valence-corrected chi connectivity index (χ2v) is 3.76. The van der Waals surface area contributed by atoms with Crippen LogP contribution in [0, 0.1) is 0 Å². The van der Waals surface area contributed by atoms with Crippen LogP contribution in [-0.4, -0.2) is 37.0 Å². The Morgan fingerprint density at radius 1 is 1.53 bits per heavy atom. The van der Waals surface area contributed by atoms with Crippen LogP contribution in [0.25, 0.3) is 0 Å². The molecule has 1 N–H and O–H groups in total. The first kappa shape index (κ1) is 11.7. The average Bonchev–Trinajstić information content (AvgIpc) is 2.38. The Morgan fingerprint density at radius 3 is 2.94 bits per heavy atom. The van der Waals surface area contributed by atoms with Gasteiger partial charge in [-0.2, -0.15) is 0 Å². The van der Waals surface area contributed by atoms with Crippen molar-refractivity contribution in [3.05, 3.63) is 24.3 Å². The summed E-state index contributed by atoms with van der Waals surface area (Å²) in [7, 11) is 1.28. The molecule has 5 heteroatoms. The molecule has 0 bridgehead atoms. The Morgan fingerprint density at radius 2 is 2.24 bits per heavy atom. The molecule has 0 radical (unpaired) electrons. The maximum Gasteiger partial charge on any atom is 0.308 e. The first-order valence-electron chi connectivity index (χ1n) is 5.34. The van der Waals surface area contributed by atoms with Crippen LogP contribution in [0.3, 0.4) is 0 Å². The number of hydrogen-bond donors (Lipinski definition) is 1. The number of benzene rings is 1. The highest BCUT2D eigenvalue weighted by molar-refractivity contribution is 5.69. The van der Waals surface area contributed by atoms with Crippen molar-refractivity contribution in [1.29, 1.82) is 0 Å². The number of ether oxygens (including phenoxy) is 3. The fraction of sp³-hybridized carbons (Fsp3) is 0.417. The van der Waals surface area contributed by atoms with Crippen molar-refractivity contribution in [3.63, 3.8) is 0 Å². The van der Waals surface area contributed by atoms with Crippen molar-refractivity contribution in [2.75, 3.05) is 13.7 Å². The molecule has 0 fully saturated rings. The van der Waals surface area contributed by atoms with Gasteiger partial charge < -0.3 is 19.3 Å². The molecule has 0 unspecified atom stereocenters. The monoisotopic (exact) mass is 238 g/mol. The van der Waals surface area contributed by atoms with E-state index in [-0.39, 0.29) is 13.0 Å². The van der Waals surface area contributed by atoms with Gasteiger partial charge in [-0.15, -0.1) is 0 Å². The van der Waals surface area contributed by atoms with Gasteiger partial charge in [0.1, 0.15) is 12.7 Å². The number of rotatable bonds is 3. The van der Waals surface area contributed by atoms with Crippen LogP contribution in [0.4, 0.5) is 0 Å². The lowest BCUT2D eigenvalue weighted by atomic mass is 10.1. The summed E-state index contributed by atoms with van der Waals surface area (Å²) in [5, 5.41) is 9.80. The number of methoxy groups -OCH3 is 1. The molecule has 0 spiro atoms. The first-order valence-corrected chi connectivity index (χ1v) is 5.34. The average molecular weight is 238 g/mol. The summed E-state index contributed by atoms with van der Waals surface area (Å²) < 4.78 is 15.5. The Hall–Kier alpha value is -1.75. The number of hydrogen-bond acceptors (Lipinski definition) is 5. The van der Waals surface area contributed by atoms with Crippen LogP contribution in [0.5, 0.6) is 11.5 Å². The predicted octanol–water partition coefficient (Wildman–Crippen LogP) is 0.750. The van der Waals surface area contributed by atoms with Gasteiger partial charge in [0.25, 0.3) is 0 Å². The summed E-state index contributed by atoms with van der Waals surface area (Å²) in [5.74, 6) is 0.752. The van der Waals surface area contributed by atoms with Crippen molar-refractivity contribution < 1.29 is 24.1 Å². The van der Waals surface area contributed by atoms with Crippen LogP contribution in [0.2, 0.25) is 0 Å². The standard InChI is InChI=1S/C12H14O5/c1-15-12(14)6-8(13)11-7-16-9-4-2-3-5-10(9)17-11/h2-5,8,11,13H,6-7H2,1H3/t8-,11+/m0/s1. The predicted molar refractivity (Wildman–Crippen MR) is 59.0 cm³/mol. The molecule has 1 aliphatic heterocycles. The van der Waals surface area contributed by atoms with Gasteiger partial charge in [0.05, 0.1) is 13.5 Å². The molecule has 1 aliphatic rings. The molecule has 2 atom stereocenters.